The van der Waals surface area contributed by atoms with E-state index in [1.54, 1.807) is 0 Å². The molecule has 1 atom stereocenters. The molecule has 0 aromatic heterocycles. The van der Waals surface area contributed by atoms with Crippen LogP contribution in [0.1, 0.15) is 31.1 Å². The summed E-state index contributed by atoms with van der Waals surface area (Å²) in [5.74, 6) is -0.750. The van der Waals surface area contributed by atoms with Gasteiger partial charge in [0.15, 0.2) is 0 Å². The lowest BCUT2D eigenvalue weighted by Gasteiger charge is -2.27. The number of benzene rings is 2. The van der Waals surface area contributed by atoms with E-state index in [2.05, 4.69) is 13.8 Å². The summed E-state index contributed by atoms with van der Waals surface area (Å²) < 4.78 is 26.9. The van der Waals surface area contributed by atoms with E-state index in [9.17, 15) is 13.9 Å². The van der Waals surface area contributed by atoms with Crippen molar-refractivity contribution in [2.45, 2.75) is 26.5 Å². The maximum absolute atomic E-state index is 13.9. The molecular weight excluding hydrogens is 296 g/mol. The van der Waals surface area contributed by atoms with Crippen LogP contribution in [0.25, 0.3) is 0 Å². The number of hydrogen-bond donors (Lipinski definition) is 1. The summed E-state index contributed by atoms with van der Waals surface area (Å²) in [5, 5.41) is 10.4. The van der Waals surface area contributed by atoms with E-state index in [4.69, 9.17) is 0 Å². The monoisotopic (exact) mass is 319 g/mol. The van der Waals surface area contributed by atoms with Crippen molar-refractivity contribution < 1.29 is 13.9 Å². The highest BCUT2D eigenvalue weighted by Crippen LogP contribution is 2.18. The van der Waals surface area contributed by atoms with Crippen LogP contribution in [-0.4, -0.2) is 23.1 Å². The number of nitrogens with zero attached hydrogens (tertiary/aromatic N) is 1. The largest absolute Gasteiger partial charge is 0.387 e. The van der Waals surface area contributed by atoms with Gasteiger partial charge in [-0.1, -0.05) is 50.2 Å². The summed E-state index contributed by atoms with van der Waals surface area (Å²) in [6.07, 6.45) is -0.640. The van der Waals surface area contributed by atoms with E-state index in [0.717, 1.165) is 18.2 Å². The third kappa shape index (κ3) is 5.41. The van der Waals surface area contributed by atoms with Gasteiger partial charge in [0, 0.05) is 31.3 Å². The number of rotatable bonds is 7. The van der Waals surface area contributed by atoms with Crippen LogP contribution < -0.4 is 0 Å². The van der Waals surface area contributed by atoms with Gasteiger partial charge in [-0.15, -0.1) is 0 Å². The molecule has 0 aliphatic carbocycles. The summed E-state index contributed by atoms with van der Waals surface area (Å²) >= 11 is 0. The molecule has 2 aromatic carbocycles. The Labute approximate surface area is 136 Å². The van der Waals surface area contributed by atoms with Gasteiger partial charge >= 0.3 is 0 Å². The molecule has 0 bridgehead atoms. The van der Waals surface area contributed by atoms with E-state index in [1.807, 2.05) is 35.2 Å². The molecule has 1 unspecified atom stereocenters. The number of aliphatic hydroxyl groups is 1. The fourth-order valence-corrected chi connectivity index (χ4v) is 2.64. The van der Waals surface area contributed by atoms with Crippen molar-refractivity contribution in [1.82, 2.24) is 4.90 Å². The molecule has 0 fully saturated rings. The Balaban J connectivity index is 2.10. The maximum Gasteiger partial charge on any atom is 0.130 e. The van der Waals surface area contributed by atoms with Crippen molar-refractivity contribution in [3.8, 4) is 0 Å². The molecule has 1 N–H and O–H groups in total. The predicted molar refractivity (Wildman–Crippen MR) is 87.9 cm³/mol. The SMILES string of the molecule is CC(C)CN(Cc1ccc(F)cc1F)CC(O)c1ccccc1. The second-order valence-electron chi connectivity index (χ2n) is 6.25. The van der Waals surface area contributed by atoms with Crippen molar-refractivity contribution in [1.29, 1.82) is 0 Å². The van der Waals surface area contributed by atoms with Gasteiger partial charge in [-0.3, -0.25) is 4.90 Å². The smallest absolute Gasteiger partial charge is 0.130 e. The number of hydrogen-bond acceptors (Lipinski definition) is 2. The van der Waals surface area contributed by atoms with Crippen LogP contribution in [0, 0.1) is 17.6 Å². The summed E-state index contributed by atoms with van der Waals surface area (Å²) in [6.45, 7) is 5.61. The molecule has 124 valence electrons. The number of halogens is 2. The standard InChI is InChI=1S/C19H23F2NO/c1-14(2)11-22(12-16-8-9-17(20)10-18(16)21)13-19(23)15-6-4-3-5-7-15/h3-10,14,19,23H,11-13H2,1-2H3. The third-order valence-corrected chi connectivity index (χ3v) is 3.65. The van der Waals surface area contributed by atoms with Gasteiger partial charge in [-0.2, -0.15) is 0 Å². The quantitative estimate of drug-likeness (QED) is 0.828. The third-order valence-electron chi connectivity index (χ3n) is 3.65. The number of aliphatic hydroxyl groups excluding tert-OH is 1. The van der Waals surface area contributed by atoms with Gasteiger partial charge in [0.25, 0.3) is 0 Å². The zero-order chi connectivity index (χ0) is 16.8. The first-order chi connectivity index (χ1) is 11.0. The fourth-order valence-electron chi connectivity index (χ4n) is 2.64. The lowest BCUT2D eigenvalue weighted by molar-refractivity contribution is 0.101. The van der Waals surface area contributed by atoms with Gasteiger partial charge in [0.1, 0.15) is 11.6 Å². The first kappa shape index (κ1) is 17.6. The highest BCUT2D eigenvalue weighted by Gasteiger charge is 2.16. The van der Waals surface area contributed by atoms with Crippen molar-refractivity contribution in [3.63, 3.8) is 0 Å². The molecule has 0 amide bonds. The Morgan fingerprint density at radius 1 is 1.00 bits per heavy atom. The molecule has 2 aromatic rings. The highest BCUT2D eigenvalue weighted by atomic mass is 19.1. The summed E-state index contributed by atoms with van der Waals surface area (Å²) in [7, 11) is 0. The Hall–Kier alpha value is -1.78. The lowest BCUT2D eigenvalue weighted by atomic mass is 10.1. The van der Waals surface area contributed by atoms with Gasteiger partial charge in [-0.05, 0) is 17.5 Å². The Kier molecular flexibility index (Phi) is 6.25. The molecule has 0 saturated heterocycles. The maximum atomic E-state index is 13.9. The minimum absolute atomic E-state index is 0.341. The molecular formula is C19H23F2NO. The second kappa shape index (κ2) is 8.18. The van der Waals surface area contributed by atoms with Crippen LogP contribution in [0.15, 0.2) is 48.5 Å². The minimum Gasteiger partial charge on any atom is -0.387 e. The topological polar surface area (TPSA) is 23.5 Å². The van der Waals surface area contributed by atoms with Crippen molar-refractivity contribution in [2.75, 3.05) is 13.1 Å². The van der Waals surface area contributed by atoms with Gasteiger partial charge in [0.2, 0.25) is 0 Å². The Morgan fingerprint density at radius 3 is 2.30 bits per heavy atom. The van der Waals surface area contributed by atoms with E-state index >= 15 is 0 Å². The molecule has 0 aliphatic heterocycles. The van der Waals surface area contributed by atoms with Crippen LogP contribution in [0.3, 0.4) is 0 Å². The molecule has 23 heavy (non-hydrogen) atoms. The fraction of sp³-hybridized carbons (Fsp3) is 0.368. The molecule has 0 spiro atoms. The first-order valence-corrected chi connectivity index (χ1v) is 7.85. The van der Waals surface area contributed by atoms with E-state index in [0.29, 0.717) is 24.6 Å². The van der Waals surface area contributed by atoms with E-state index in [1.165, 1.54) is 12.1 Å². The van der Waals surface area contributed by atoms with Crippen molar-refractivity contribution in [2.24, 2.45) is 5.92 Å². The van der Waals surface area contributed by atoms with E-state index in [-0.39, 0.29) is 0 Å². The summed E-state index contributed by atoms with van der Waals surface area (Å²) in [4.78, 5) is 2.00. The Bertz CT molecular complexity index is 616. The van der Waals surface area contributed by atoms with Crippen LogP contribution in [-0.2, 0) is 6.54 Å². The van der Waals surface area contributed by atoms with Gasteiger partial charge in [0.05, 0.1) is 6.10 Å². The molecule has 0 heterocycles. The molecule has 0 aliphatic rings. The zero-order valence-electron chi connectivity index (χ0n) is 13.5. The Morgan fingerprint density at radius 2 is 1.70 bits per heavy atom. The summed E-state index contributed by atoms with van der Waals surface area (Å²) in [6, 6.07) is 13.0. The molecule has 2 nitrogen and oxygen atoms in total. The average molecular weight is 319 g/mol. The van der Waals surface area contributed by atoms with Crippen LogP contribution in [0.2, 0.25) is 0 Å². The van der Waals surface area contributed by atoms with Gasteiger partial charge < -0.3 is 5.11 Å². The molecule has 2 rings (SSSR count). The minimum atomic E-state index is -0.640. The zero-order valence-corrected chi connectivity index (χ0v) is 13.5. The highest BCUT2D eigenvalue weighted by molar-refractivity contribution is 5.20. The second-order valence-corrected chi connectivity index (χ2v) is 6.25. The summed E-state index contributed by atoms with van der Waals surface area (Å²) in [5.41, 5.74) is 1.27. The first-order valence-electron chi connectivity index (χ1n) is 7.85. The van der Waals surface area contributed by atoms with Crippen LogP contribution in [0.4, 0.5) is 8.78 Å². The normalized spacial score (nSPS) is 12.8. The molecule has 0 radical (unpaired) electrons. The van der Waals surface area contributed by atoms with Crippen LogP contribution >= 0.6 is 0 Å². The molecule has 0 saturated carbocycles. The lowest BCUT2D eigenvalue weighted by Crippen LogP contribution is -2.32. The van der Waals surface area contributed by atoms with E-state index < -0.39 is 17.7 Å². The van der Waals surface area contributed by atoms with Crippen LogP contribution in [0.5, 0.6) is 0 Å². The van der Waals surface area contributed by atoms with Crippen molar-refractivity contribution >= 4 is 0 Å². The predicted octanol–water partition coefficient (Wildman–Crippen LogP) is 4.16. The van der Waals surface area contributed by atoms with Crippen molar-refractivity contribution in [3.05, 3.63) is 71.3 Å². The average Bonchev–Trinajstić information content (AvgIpc) is 2.50. The molecule has 4 heteroatoms. The van der Waals surface area contributed by atoms with Gasteiger partial charge in [-0.25, -0.2) is 8.78 Å².